The van der Waals surface area contributed by atoms with E-state index in [2.05, 4.69) is 29.6 Å². The molecule has 1 heterocycles. The second-order valence-electron chi connectivity index (χ2n) is 5.19. The maximum Gasteiger partial charge on any atom is 0.124 e. The van der Waals surface area contributed by atoms with Crippen LogP contribution in [0.3, 0.4) is 0 Å². The summed E-state index contributed by atoms with van der Waals surface area (Å²) >= 11 is 6.08. The highest BCUT2D eigenvalue weighted by Gasteiger charge is 2.27. The molecule has 0 fully saturated rings. The Hall–Kier alpha value is -1.51. The van der Waals surface area contributed by atoms with Gasteiger partial charge in [0.15, 0.2) is 0 Å². The van der Waals surface area contributed by atoms with Crippen LogP contribution in [0.15, 0.2) is 48.5 Å². The lowest BCUT2D eigenvalue weighted by atomic mass is 9.93. The lowest BCUT2D eigenvalue weighted by molar-refractivity contribution is 0.152. The van der Waals surface area contributed by atoms with Crippen molar-refractivity contribution in [3.63, 3.8) is 0 Å². The zero-order valence-corrected chi connectivity index (χ0v) is 12.2. The van der Waals surface area contributed by atoms with Gasteiger partial charge < -0.3 is 10.1 Å². The number of hydrogen-bond donors (Lipinski definition) is 1. The van der Waals surface area contributed by atoms with E-state index in [-0.39, 0.29) is 6.10 Å². The molecule has 0 saturated carbocycles. The van der Waals surface area contributed by atoms with Crippen LogP contribution < -0.4 is 10.1 Å². The number of rotatable bonds is 3. The van der Waals surface area contributed by atoms with Gasteiger partial charge in [-0.25, -0.2) is 0 Å². The molecule has 3 rings (SSSR count). The van der Waals surface area contributed by atoms with Crippen molar-refractivity contribution >= 4 is 11.6 Å². The zero-order chi connectivity index (χ0) is 13.9. The Kier molecular flexibility index (Phi) is 3.95. The Morgan fingerprint density at radius 1 is 1.20 bits per heavy atom. The van der Waals surface area contributed by atoms with E-state index in [4.69, 9.17) is 16.3 Å². The van der Waals surface area contributed by atoms with Crippen LogP contribution in [0.1, 0.15) is 23.6 Å². The van der Waals surface area contributed by atoms with Crippen molar-refractivity contribution in [1.82, 2.24) is 5.32 Å². The summed E-state index contributed by atoms with van der Waals surface area (Å²) in [6.07, 6.45) is 2.09. The molecule has 2 nitrogen and oxygen atoms in total. The van der Waals surface area contributed by atoms with E-state index in [1.54, 1.807) is 0 Å². The fraction of sp³-hybridized carbons (Fsp3) is 0.294. The molecule has 0 amide bonds. The molecule has 104 valence electrons. The van der Waals surface area contributed by atoms with E-state index >= 15 is 0 Å². The van der Waals surface area contributed by atoms with Gasteiger partial charge in [-0.05, 0) is 30.8 Å². The minimum Gasteiger partial charge on any atom is -0.490 e. The molecular formula is C17H18ClNO. The molecule has 2 aromatic carbocycles. The first-order chi connectivity index (χ1) is 9.76. The fourth-order valence-corrected chi connectivity index (χ4v) is 2.97. The molecule has 2 atom stereocenters. The number of benzene rings is 2. The van der Waals surface area contributed by atoms with Crippen molar-refractivity contribution in [2.24, 2.45) is 0 Å². The quantitative estimate of drug-likeness (QED) is 0.921. The van der Waals surface area contributed by atoms with E-state index in [0.717, 1.165) is 29.2 Å². The van der Waals surface area contributed by atoms with Crippen molar-refractivity contribution in [1.29, 1.82) is 0 Å². The molecule has 2 unspecified atom stereocenters. The summed E-state index contributed by atoms with van der Waals surface area (Å²) < 4.78 is 6.12. The van der Waals surface area contributed by atoms with E-state index in [0.29, 0.717) is 6.04 Å². The van der Waals surface area contributed by atoms with Gasteiger partial charge in [0, 0.05) is 29.5 Å². The summed E-state index contributed by atoms with van der Waals surface area (Å²) in [5.74, 6) is 0.945. The van der Waals surface area contributed by atoms with Crippen LogP contribution in [0.4, 0.5) is 0 Å². The summed E-state index contributed by atoms with van der Waals surface area (Å²) in [6, 6.07) is 16.6. The number of ether oxygens (including phenoxy) is 1. The third-order valence-electron chi connectivity index (χ3n) is 3.79. The second kappa shape index (κ2) is 5.86. The van der Waals surface area contributed by atoms with Crippen molar-refractivity contribution in [2.45, 2.75) is 25.0 Å². The lowest BCUT2D eigenvalue weighted by Crippen LogP contribution is -2.32. The van der Waals surface area contributed by atoms with Gasteiger partial charge in [-0.1, -0.05) is 41.9 Å². The Labute approximate surface area is 124 Å². The van der Waals surface area contributed by atoms with Gasteiger partial charge >= 0.3 is 0 Å². The van der Waals surface area contributed by atoms with Crippen LogP contribution in [0, 0.1) is 0 Å². The third-order valence-corrected chi connectivity index (χ3v) is 4.03. The van der Waals surface area contributed by atoms with E-state index in [1.807, 2.05) is 31.3 Å². The number of nitrogens with one attached hydrogen (secondary N) is 1. The van der Waals surface area contributed by atoms with Gasteiger partial charge in [-0.2, -0.15) is 0 Å². The van der Waals surface area contributed by atoms with Crippen LogP contribution in [0.5, 0.6) is 5.75 Å². The monoisotopic (exact) mass is 287 g/mol. The first kappa shape index (κ1) is 13.5. The third kappa shape index (κ3) is 2.82. The van der Waals surface area contributed by atoms with Gasteiger partial charge in [0.25, 0.3) is 0 Å². The van der Waals surface area contributed by atoms with E-state index < -0.39 is 0 Å². The van der Waals surface area contributed by atoms with Crippen molar-refractivity contribution < 1.29 is 4.74 Å². The minimum atomic E-state index is 0.198. The first-order valence-electron chi connectivity index (χ1n) is 6.93. The normalized spacial score (nSPS) is 21.1. The van der Waals surface area contributed by atoms with Gasteiger partial charge in [0.2, 0.25) is 0 Å². The lowest BCUT2D eigenvalue weighted by Gasteiger charge is -2.32. The number of halogens is 1. The van der Waals surface area contributed by atoms with Crippen LogP contribution in [0.25, 0.3) is 0 Å². The SMILES string of the molecule is CNC1CC(Cc2ccccc2)Oc2ccc(Cl)cc21. The van der Waals surface area contributed by atoms with Crippen molar-refractivity contribution in [3.8, 4) is 5.75 Å². The largest absolute Gasteiger partial charge is 0.490 e. The van der Waals surface area contributed by atoms with Gasteiger partial charge in [0.1, 0.15) is 11.9 Å². The summed E-state index contributed by atoms with van der Waals surface area (Å²) in [5, 5.41) is 4.12. The fourth-order valence-electron chi connectivity index (χ4n) is 2.79. The molecule has 0 radical (unpaired) electrons. The summed E-state index contributed by atoms with van der Waals surface area (Å²) in [4.78, 5) is 0. The highest BCUT2D eigenvalue weighted by molar-refractivity contribution is 6.30. The van der Waals surface area contributed by atoms with E-state index in [9.17, 15) is 0 Å². The smallest absolute Gasteiger partial charge is 0.124 e. The maximum absolute atomic E-state index is 6.12. The molecule has 2 aromatic rings. The molecule has 20 heavy (non-hydrogen) atoms. The number of fused-ring (bicyclic) bond motifs is 1. The Morgan fingerprint density at radius 3 is 2.75 bits per heavy atom. The average molecular weight is 288 g/mol. The van der Waals surface area contributed by atoms with Gasteiger partial charge in [0.05, 0.1) is 0 Å². The predicted octanol–water partition coefficient (Wildman–Crippen LogP) is 3.99. The Bertz CT molecular complexity index is 585. The van der Waals surface area contributed by atoms with Gasteiger partial charge in [-0.3, -0.25) is 0 Å². The molecule has 1 aliphatic rings. The Morgan fingerprint density at radius 2 is 2.00 bits per heavy atom. The van der Waals surface area contributed by atoms with Crippen molar-refractivity contribution in [3.05, 3.63) is 64.7 Å². The molecule has 3 heteroatoms. The molecular weight excluding hydrogens is 270 g/mol. The Balaban J connectivity index is 1.82. The standard InChI is InChI=1S/C17H18ClNO/c1-19-16-11-14(9-12-5-3-2-4-6-12)20-17-8-7-13(18)10-15(16)17/h2-8,10,14,16,19H,9,11H2,1H3. The molecule has 0 bridgehead atoms. The van der Waals surface area contributed by atoms with E-state index in [1.165, 1.54) is 5.56 Å². The topological polar surface area (TPSA) is 21.3 Å². The molecule has 0 spiro atoms. The summed E-state index contributed by atoms with van der Waals surface area (Å²) in [5.41, 5.74) is 2.47. The van der Waals surface area contributed by atoms with Crippen LogP contribution in [0.2, 0.25) is 5.02 Å². The van der Waals surface area contributed by atoms with Crippen LogP contribution >= 0.6 is 11.6 Å². The molecule has 0 saturated heterocycles. The minimum absolute atomic E-state index is 0.198. The second-order valence-corrected chi connectivity index (χ2v) is 5.63. The predicted molar refractivity (Wildman–Crippen MR) is 82.4 cm³/mol. The zero-order valence-electron chi connectivity index (χ0n) is 11.5. The molecule has 1 aliphatic heterocycles. The molecule has 0 aliphatic carbocycles. The molecule has 0 aromatic heterocycles. The highest BCUT2D eigenvalue weighted by Crippen LogP contribution is 2.37. The van der Waals surface area contributed by atoms with Crippen molar-refractivity contribution in [2.75, 3.05) is 7.05 Å². The number of hydrogen-bond acceptors (Lipinski definition) is 2. The molecule has 1 N–H and O–H groups in total. The average Bonchev–Trinajstić information content (AvgIpc) is 2.48. The van der Waals surface area contributed by atoms with Gasteiger partial charge in [-0.15, -0.1) is 0 Å². The first-order valence-corrected chi connectivity index (χ1v) is 7.31. The summed E-state index contributed by atoms with van der Waals surface area (Å²) in [6.45, 7) is 0. The van der Waals surface area contributed by atoms with Crippen LogP contribution in [-0.4, -0.2) is 13.2 Å². The van der Waals surface area contributed by atoms with Crippen LogP contribution in [-0.2, 0) is 6.42 Å². The maximum atomic E-state index is 6.12. The summed E-state index contributed by atoms with van der Waals surface area (Å²) in [7, 11) is 1.99. The highest BCUT2D eigenvalue weighted by atomic mass is 35.5.